The van der Waals surface area contributed by atoms with Crippen LogP contribution in [0.5, 0.6) is 5.88 Å². The fourth-order valence-corrected chi connectivity index (χ4v) is 3.70. The van der Waals surface area contributed by atoms with E-state index in [9.17, 15) is 17.6 Å². The molecule has 3 heterocycles. The van der Waals surface area contributed by atoms with Crippen LogP contribution >= 0.6 is 11.6 Å². The van der Waals surface area contributed by atoms with Crippen LogP contribution in [-0.4, -0.2) is 32.6 Å². The van der Waals surface area contributed by atoms with Crippen molar-refractivity contribution < 1.29 is 22.3 Å². The lowest BCUT2D eigenvalue weighted by Gasteiger charge is -2.18. The van der Waals surface area contributed by atoms with Crippen molar-refractivity contribution in [1.29, 1.82) is 0 Å². The molecule has 30 heavy (non-hydrogen) atoms. The van der Waals surface area contributed by atoms with Crippen LogP contribution in [0.25, 0.3) is 5.69 Å². The summed E-state index contributed by atoms with van der Waals surface area (Å²) >= 11 is 6.25. The van der Waals surface area contributed by atoms with Crippen molar-refractivity contribution in [2.24, 2.45) is 4.99 Å². The smallest absolute Gasteiger partial charge is 0.417 e. The van der Waals surface area contributed by atoms with Gasteiger partial charge in [0.15, 0.2) is 11.6 Å². The van der Waals surface area contributed by atoms with E-state index in [1.165, 1.54) is 19.2 Å². The Bertz CT molecular complexity index is 1190. The predicted octanol–water partition coefficient (Wildman–Crippen LogP) is 4.70. The van der Waals surface area contributed by atoms with Gasteiger partial charge in [0.25, 0.3) is 0 Å². The maximum atomic E-state index is 14.7. The molecule has 0 saturated carbocycles. The summed E-state index contributed by atoms with van der Waals surface area (Å²) in [4.78, 5) is 8.52. The summed E-state index contributed by atoms with van der Waals surface area (Å²) in [5.74, 6) is 0.0918. The highest BCUT2D eigenvalue weighted by Gasteiger charge is 2.38. The van der Waals surface area contributed by atoms with Gasteiger partial charge in [0, 0.05) is 11.6 Å². The van der Waals surface area contributed by atoms with Crippen LogP contribution < -0.4 is 4.74 Å². The van der Waals surface area contributed by atoms with Gasteiger partial charge in [-0.05, 0) is 32.0 Å². The molecule has 0 spiro atoms. The molecule has 156 valence electrons. The number of aromatic nitrogens is 4. The zero-order valence-electron chi connectivity index (χ0n) is 15.9. The Morgan fingerprint density at radius 3 is 2.53 bits per heavy atom. The SMILES string of the molecule is COc1ccc(F)c(C2=N[C@@H](C)c3nnc(C)n3-c3ccc(C(F)(F)F)c(Cl)c32)n1. The van der Waals surface area contributed by atoms with Gasteiger partial charge >= 0.3 is 6.18 Å². The highest BCUT2D eigenvalue weighted by Crippen LogP contribution is 2.41. The molecule has 1 aliphatic heterocycles. The van der Waals surface area contributed by atoms with Gasteiger partial charge in [0.05, 0.1) is 29.1 Å². The monoisotopic (exact) mass is 439 g/mol. The van der Waals surface area contributed by atoms with E-state index in [4.69, 9.17) is 16.3 Å². The van der Waals surface area contributed by atoms with Crippen molar-refractivity contribution in [2.75, 3.05) is 7.11 Å². The highest BCUT2D eigenvalue weighted by atomic mass is 35.5. The molecule has 0 saturated heterocycles. The number of fused-ring (bicyclic) bond motifs is 3. The van der Waals surface area contributed by atoms with Gasteiger partial charge in [0.1, 0.15) is 17.6 Å². The van der Waals surface area contributed by atoms with Crippen LogP contribution in [0.15, 0.2) is 29.3 Å². The summed E-state index contributed by atoms with van der Waals surface area (Å²) in [5, 5.41) is 7.47. The lowest BCUT2D eigenvalue weighted by Crippen LogP contribution is -2.16. The normalized spacial score (nSPS) is 15.9. The molecule has 0 fully saturated rings. The molecule has 4 rings (SSSR count). The van der Waals surface area contributed by atoms with Gasteiger partial charge in [-0.3, -0.25) is 9.56 Å². The number of pyridine rings is 1. The largest absolute Gasteiger partial charge is 0.481 e. The molecular formula is C19H14ClF4N5O. The zero-order valence-corrected chi connectivity index (χ0v) is 16.7. The van der Waals surface area contributed by atoms with E-state index in [1.807, 2.05) is 0 Å². The molecule has 3 aromatic rings. The first-order valence-electron chi connectivity index (χ1n) is 8.74. The number of nitrogens with zero attached hydrogens (tertiary/aromatic N) is 5. The van der Waals surface area contributed by atoms with Gasteiger partial charge in [0.2, 0.25) is 5.88 Å². The first-order valence-corrected chi connectivity index (χ1v) is 9.12. The van der Waals surface area contributed by atoms with E-state index < -0.39 is 28.6 Å². The van der Waals surface area contributed by atoms with Crippen LogP contribution in [0.3, 0.4) is 0 Å². The molecule has 2 aromatic heterocycles. The van der Waals surface area contributed by atoms with Crippen LogP contribution in [0.2, 0.25) is 5.02 Å². The third kappa shape index (κ3) is 3.11. The fraction of sp³-hybridized carbons (Fsp3) is 0.263. The Kier molecular flexibility index (Phi) is 4.76. The first kappa shape index (κ1) is 20.3. The minimum Gasteiger partial charge on any atom is -0.481 e. The maximum Gasteiger partial charge on any atom is 0.417 e. The van der Waals surface area contributed by atoms with Gasteiger partial charge in [-0.1, -0.05) is 11.6 Å². The van der Waals surface area contributed by atoms with Gasteiger partial charge < -0.3 is 4.74 Å². The predicted molar refractivity (Wildman–Crippen MR) is 101 cm³/mol. The van der Waals surface area contributed by atoms with Crippen molar-refractivity contribution in [1.82, 2.24) is 19.7 Å². The number of benzene rings is 1. The molecule has 1 aromatic carbocycles. The van der Waals surface area contributed by atoms with Gasteiger partial charge in [-0.25, -0.2) is 9.37 Å². The standard InChI is InChI=1S/C19H14ClF4N5O/c1-8-18-28-27-9(2)29(18)12-6-4-10(19(22,23)24)15(20)14(12)17(25-8)16-11(21)5-7-13(26-16)30-3/h4-8H,1-3H3/t8-/m0/s1. The van der Waals surface area contributed by atoms with Crippen LogP contribution in [-0.2, 0) is 6.18 Å². The molecule has 0 aliphatic carbocycles. The van der Waals surface area contributed by atoms with Crippen LogP contribution in [0.1, 0.15) is 41.4 Å². The summed E-state index contributed by atoms with van der Waals surface area (Å²) in [7, 11) is 1.34. The minimum absolute atomic E-state index is 0.0752. The Balaban J connectivity index is 2.12. The number of hydrogen-bond acceptors (Lipinski definition) is 5. The van der Waals surface area contributed by atoms with E-state index in [0.29, 0.717) is 11.6 Å². The van der Waals surface area contributed by atoms with E-state index in [0.717, 1.165) is 12.1 Å². The highest BCUT2D eigenvalue weighted by molar-refractivity contribution is 6.37. The van der Waals surface area contributed by atoms with Crippen LogP contribution in [0.4, 0.5) is 17.6 Å². The van der Waals surface area contributed by atoms with E-state index in [1.54, 1.807) is 18.4 Å². The third-order valence-electron chi connectivity index (χ3n) is 4.70. The molecule has 6 nitrogen and oxygen atoms in total. The third-order valence-corrected chi connectivity index (χ3v) is 5.10. The number of halogens is 5. The quantitative estimate of drug-likeness (QED) is 0.543. The zero-order chi connectivity index (χ0) is 21.8. The summed E-state index contributed by atoms with van der Waals surface area (Å²) in [5.41, 5.74) is -1.34. The summed E-state index contributed by atoms with van der Waals surface area (Å²) < 4.78 is 62.1. The number of ether oxygens (including phenoxy) is 1. The molecule has 0 unspecified atom stereocenters. The Hall–Kier alpha value is -3.01. The van der Waals surface area contributed by atoms with E-state index >= 15 is 0 Å². The average Bonchev–Trinajstić information content (AvgIpc) is 3.01. The van der Waals surface area contributed by atoms with Gasteiger partial charge in [-0.15, -0.1) is 10.2 Å². The topological polar surface area (TPSA) is 65.2 Å². The number of aliphatic imine (C=N–C) groups is 1. The number of aryl methyl sites for hydroxylation is 1. The molecule has 11 heteroatoms. The van der Waals surface area contributed by atoms with E-state index in [-0.39, 0.29) is 28.5 Å². The molecule has 0 N–H and O–H groups in total. The fourth-order valence-electron chi connectivity index (χ4n) is 3.34. The number of rotatable bonds is 2. The Morgan fingerprint density at radius 1 is 1.13 bits per heavy atom. The molecule has 1 atom stereocenters. The summed E-state index contributed by atoms with van der Waals surface area (Å²) in [6.07, 6.45) is -4.72. The lowest BCUT2D eigenvalue weighted by molar-refractivity contribution is -0.137. The summed E-state index contributed by atoms with van der Waals surface area (Å²) in [6.45, 7) is 3.32. The Morgan fingerprint density at radius 2 is 1.87 bits per heavy atom. The molecule has 0 amide bonds. The number of methoxy groups -OCH3 is 1. The summed E-state index contributed by atoms with van der Waals surface area (Å²) in [6, 6.07) is 3.86. The molecule has 1 aliphatic rings. The number of hydrogen-bond donors (Lipinski definition) is 0. The van der Waals surface area contributed by atoms with Crippen molar-refractivity contribution in [3.8, 4) is 11.6 Å². The Labute approximate surface area is 173 Å². The van der Waals surface area contributed by atoms with Gasteiger partial charge in [-0.2, -0.15) is 13.2 Å². The maximum absolute atomic E-state index is 14.7. The van der Waals surface area contributed by atoms with Crippen molar-refractivity contribution in [3.05, 3.63) is 63.6 Å². The first-order chi connectivity index (χ1) is 14.1. The van der Waals surface area contributed by atoms with Crippen molar-refractivity contribution in [3.63, 3.8) is 0 Å². The second-order valence-electron chi connectivity index (χ2n) is 6.60. The average molecular weight is 440 g/mol. The molecular weight excluding hydrogens is 426 g/mol. The van der Waals surface area contributed by atoms with Crippen LogP contribution in [0, 0.1) is 12.7 Å². The minimum atomic E-state index is -4.72. The van der Waals surface area contributed by atoms with Crippen molar-refractivity contribution in [2.45, 2.75) is 26.1 Å². The molecule has 0 radical (unpaired) electrons. The van der Waals surface area contributed by atoms with E-state index in [2.05, 4.69) is 20.2 Å². The molecule has 0 bridgehead atoms. The second kappa shape index (κ2) is 7.05. The second-order valence-corrected chi connectivity index (χ2v) is 6.98. The van der Waals surface area contributed by atoms with Crippen molar-refractivity contribution >= 4 is 17.3 Å². The lowest BCUT2D eigenvalue weighted by atomic mass is 10.00. The number of alkyl halides is 3.